The van der Waals surface area contributed by atoms with E-state index >= 15 is 0 Å². The van der Waals surface area contributed by atoms with Gasteiger partial charge in [0.1, 0.15) is 23.0 Å². The first-order chi connectivity index (χ1) is 15.4. The summed E-state index contributed by atoms with van der Waals surface area (Å²) < 4.78 is 12.6. The second-order valence-corrected chi connectivity index (χ2v) is 11.8. The van der Waals surface area contributed by atoms with Crippen LogP contribution in [0.1, 0.15) is 65.1 Å². The van der Waals surface area contributed by atoms with E-state index < -0.39 is 5.92 Å². The standard InChI is InChI=1S/C27H26Cl2O4/c1-26(2)10-17(30)23-21(12-26)33-22-13-27(3,4)11-18(31)24(22)25(23)20-6-5-19(32-20)14-7-15(28)9-16(29)8-14/h5-9,25H,10-13H2,1-4H3. The lowest BCUT2D eigenvalue weighted by atomic mass is 9.66. The fourth-order valence-electron chi connectivity index (χ4n) is 5.32. The number of hydrogen-bond acceptors (Lipinski definition) is 4. The largest absolute Gasteiger partial charge is 0.465 e. The Bertz CT molecular complexity index is 1190. The second-order valence-electron chi connectivity index (χ2n) is 11.0. The summed E-state index contributed by atoms with van der Waals surface area (Å²) >= 11 is 12.4. The van der Waals surface area contributed by atoms with E-state index in [1.54, 1.807) is 18.2 Å². The molecule has 1 aliphatic heterocycles. The molecule has 2 aliphatic carbocycles. The molecule has 6 heteroatoms. The Morgan fingerprint density at radius 1 is 0.788 bits per heavy atom. The van der Waals surface area contributed by atoms with Crippen molar-refractivity contribution in [3.8, 4) is 11.3 Å². The van der Waals surface area contributed by atoms with Crippen molar-refractivity contribution in [1.82, 2.24) is 0 Å². The Kier molecular flexibility index (Phi) is 5.19. The van der Waals surface area contributed by atoms with Gasteiger partial charge in [0.05, 0.1) is 5.92 Å². The number of ether oxygens (including phenoxy) is 1. The van der Waals surface area contributed by atoms with Crippen molar-refractivity contribution in [2.24, 2.45) is 10.8 Å². The zero-order valence-corrected chi connectivity index (χ0v) is 20.7. The minimum Gasteiger partial charge on any atom is -0.465 e. The Hall–Kier alpha value is -2.30. The van der Waals surface area contributed by atoms with Crippen LogP contribution in [0.25, 0.3) is 11.3 Å². The molecule has 2 aromatic rings. The van der Waals surface area contributed by atoms with Crippen LogP contribution in [-0.4, -0.2) is 11.6 Å². The highest BCUT2D eigenvalue weighted by Gasteiger charge is 2.48. The predicted octanol–water partition coefficient (Wildman–Crippen LogP) is 7.65. The molecule has 0 radical (unpaired) electrons. The van der Waals surface area contributed by atoms with Crippen LogP contribution >= 0.6 is 23.2 Å². The molecule has 2 heterocycles. The van der Waals surface area contributed by atoms with E-state index in [-0.39, 0.29) is 22.4 Å². The van der Waals surface area contributed by atoms with Crippen LogP contribution in [0.4, 0.5) is 0 Å². The third kappa shape index (κ3) is 4.08. The molecule has 0 amide bonds. The summed E-state index contributed by atoms with van der Waals surface area (Å²) in [6, 6.07) is 8.89. The first-order valence-electron chi connectivity index (χ1n) is 11.2. The van der Waals surface area contributed by atoms with E-state index in [0.717, 1.165) is 5.56 Å². The number of carbonyl (C=O) groups is 2. The first-order valence-corrected chi connectivity index (χ1v) is 11.9. The Morgan fingerprint density at radius 2 is 1.30 bits per heavy atom. The number of allylic oxidation sites excluding steroid dienone is 4. The maximum atomic E-state index is 13.4. The molecule has 0 bridgehead atoms. The van der Waals surface area contributed by atoms with E-state index in [0.29, 0.717) is 69.9 Å². The predicted molar refractivity (Wildman–Crippen MR) is 128 cm³/mol. The average Bonchev–Trinajstić information content (AvgIpc) is 3.13. The summed E-state index contributed by atoms with van der Waals surface area (Å²) in [5, 5.41) is 1.01. The van der Waals surface area contributed by atoms with Crippen molar-refractivity contribution in [2.75, 3.05) is 0 Å². The molecule has 0 N–H and O–H groups in total. The van der Waals surface area contributed by atoms with E-state index in [1.807, 2.05) is 12.1 Å². The Balaban J connectivity index is 1.66. The van der Waals surface area contributed by atoms with Crippen molar-refractivity contribution in [1.29, 1.82) is 0 Å². The van der Waals surface area contributed by atoms with Gasteiger partial charge in [0.15, 0.2) is 11.6 Å². The highest BCUT2D eigenvalue weighted by atomic mass is 35.5. The van der Waals surface area contributed by atoms with Gasteiger partial charge in [0.2, 0.25) is 0 Å². The van der Waals surface area contributed by atoms with Crippen molar-refractivity contribution in [2.45, 2.75) is 59.3 Å². The Labute approximate surface area is 203 Å². The topological polar surface area (TPSA) is 56.5 Å². The van der Waals surface area contributed by atoms with Gasteiger partial charge < -0.3 is 9.15 Å². The quantitative estimate of drug-likeness (QED) is 0.438. The zero-order chi connectivity index (χ0) is 23.7. The van der Waals surface area contributed by atoms with Gasteiger partial charge in [-0.3, -0.25) is 9.59 Å². The van der Waals surface area contributed by atoms with E-state index in [2.05, 4.69) is 27.7 Å². The number of halogens is 2. The summed E-state index contributed by atoms with van der Waals surface area (Å²) in [6.45, 7) is 8.28. The third-order valence-corrected chi connectivity index (χ3v) is 7.08. The van der Waals surface area contributed by atoms with Gasteiger partial charge in [-0.05, 0) is 41.2 Å². The van der Waals surface area contributed by atoms with Crippen LogP contribution in [0.2, 0.25) is 10.0 Å². The first kappa shape index (κ1) is 22.5. The van der Waals surface area contributed by atoms with Crippen molar-refractivity contribution >= 4 is 34.8 Å². The molecule has 5 rings (SSSR count). The molecule has 1 aromatic heterocycles. The van der Waals surface area contributed by atoms with Crippen LogP contribution in [0.15, 0.2) is 57.4 Å². The highest BCUT2D eigenvalue weighted by molar-refractivity contribution is 6.35. The summed E-state index contributed by atoms with van der Waals surface area (Å²) in [5.74, 6) is 1.96. The molecular weight excluding hydrogens is 459 g/mol. The lowest BCUT2D eigenvalue weighted by Crippen LogP contribution is -2.37. The van der Waals surface area contributed by atoms with Gasteiger partial charge in [-0.15, -0.1) is 0 Å². The molecular formula is C27H26Cl2O4. The monoisotopic (exact) mass is 484 g/mol. The summed E-state index contributed by atoms with van der Waals surface area (Å²) in [6.07, 6.45) is 2.11. The molecule has 33 heavy (non-hydrogen) atoms. The molecule has 3 aliphatic rings. The van der Waals surface area contributed by atoms with Crippen molar-refractivity contribution < 1.29 is 18.7 Å². The summed E-state index contributed by atoms with van der Waals surface area (Å²) in [7, 11) is 0. The van der Waals surface area contributed by atoms with Crippen LogP contribution in [0.3, 0.4) is 0 Å². The van der Waals surface area contributed by atoms with Gasteiger partial charge >= 0.3 is 0 Å². The minimum atomic E-state index is -0.556. The van der Waals surface area contributed by atoms with Gasteiger partial charge in [-0.2, -0.15) is 0 Å². The van der Waals surface area contributed by atoms with Gasteiger partial charge in [0, 0.05) is 52.4 Å². The van der Waals surface area contributed by atoms with Gasteiger partial charge in [-0.1, -0.05) is 50.9 Å². The second kappa shape index (κ2) is 7.61. The molecule has 0 atom stereocenters. The number of hydrogen-bond donors (Lipinski definition) is 0. The van der Waals surface area contributed by atoms with Gasteiger partial charge in [-0.25, -0.2) is 0 Å². The fraction of sp³-hybridized carbons (Fsp3) is 0.407. The SMILES string of the molecule is CC1(C)CC(=O)C2=C(C1)OC1=C(C(=O)CC(C)(C)C1)C2c1ccc(-c2cc(Cl)cc(Cl)c2)o1. The normalized spacial score (nSPS) is 22.2. The molecule has 0 unspecified atom stereocenters. The van der Waals surface area contributed by atoms with E-state index in [4.69, 9.17) is 32.4 Å². The van der Waals surface area contributed by atoms with Crippen LogP contribution in [0.5, 0.6) is 0 Å². The fourth-order valence-corrected chi connectivity index (χ4v) is 5.84. The summed E-state index contributed by atoms with van der Waals surface area (Å²) in [4.78, 5) is 26.7. The molecule has 0 saturated heterocycles. The Morgan fingerprint density at radius 3 is 1.82 bits per heavy atom. The molecule has 0 fully saturated rings. The smallest absolute Gasteiger partial charge is 0.163 e. The molecule has 0 saturated carbocycles. The number of benzene rings is 1. The number of rotatable bonds is 2. The number of carbonyl (C=O) groups excluding carboxylic acids is 2. The number of furan rings is 1. The maximum Gasteiger partial charge on any atom is 0.163 e. The van der Waals surface area contributed by atoms with Crippen LogP contribution in [0, 0.1) is 10.8 Å². The average molecular weight is 485 g/mol. The van der Waals surface area contributed by atoms with Gasteiger partial charge in [0.25, 0.3) is 0 Å². The van der Waals surface area contributed by atoms with E-state index in [1.165, 1.54) is 0 Å². The molecule has 172 valence electrons. The lowest BCUT2D eigenvalue weighted by Gasteiger charge is -2.42. The zero-order valence-electron chi connectivity index (χ0n) is 19.2. The molecule has 0 spiro atoms. The number of Topliss-reactive ketones (excluding diaryl/α,β-unsaturated/α-hetero) is 2. The summed E-state index contributed by atoms with van der Waals surface area (Å²) in [5.41, 5.74) is 1.47. The molecule has 4 nitrogen and oxygen atoms in total. The molecule has 1 aromatic carbocycles. The van der Waals surface area contributed by atoms with Crippen molar-refractivity contribution in [3.05, 3.63) is 68.8 Å². The minimum absolute atomic E-state index is 0.0131. The van der Waals surface area contributed by atoms with Crippen molar-refractivity contribution in [3.63, 3.8) is 0 Å². The lowest BCUT2D eigenvalue weighted by molar-refractivity contribution is -0.120. The number of ketones is 2. The third-order valence-electron chi connectivity index (χ3n) is 6.64. The highest BCUT2D eigenvalue weighted by Crippen LogP contribution is 2.53. The maximum absolute atomic E-state index is 13.4. The van der Waals surface area contributed by atoms with E-state index in [9.17, 15) is 9.59 Å². The van der Waals surface area contributed by atoms with Crippen LogP contribution < -0.4 is 0 Å². The van der Waals surface area contributed by atoms with Crippen LogP contribution in [-0.2, 0) is 14.3 Å².